The van der Waals surface area contributed by atoms with Crippen LogP contribution in [0.4, 0.5) is 0 Å². The first-order valence-corrected chi connectivity index (χ1v) is 6.10. The first-order chi connectivity index (χ1) is 8.06. The lowest BCUT2D eigenvalue weighted by atomic mass is 9.98. The van der Waals surface area contributed by atoms with Crippen LogP contribution < -0.4 is 5.73 Å². The molecule has 1 atom stereocenters. The molecule has 1 unspecified atom stereocenters. The molecule has 0 aliphatic rings. The molecular weight excluding hydrogens is 253 g/mol. The van der Waals surface area contributed by atoms with Crippen molar-refractivity contribution >= 4 is 23.2 Å². The average Bonchev–Trinajstić information content (AvgIpc) is 2.26. The molecule has 0 aromatic heterocycles. The van der Waals surface area contributed by atoms with Gasteiger partial charge in [-0.1, -0.05) is 53.0 Å². The van der Waals surface area contributed by atoms with Gasteiger partial charge in [0.2, 0.25) is 0 Å². The molecule has 0 saturated heterocycles. The van der Waals surface area contributed by atoms with E-state index in [-0.39, 0.29) is 6.04 Å². The monoisotopic (exact) mass is 265 g/mol. The van der Waals surface area contributed by atoms with Crippen LogP contribution in [0.15, 0.2) is 42.5 Å². The van der Waals surface area contributed by atoms with Crippen LogP contribution in [-0.2, 0) is 0 Å². The van der Waals surface area contributed by atoms with Crippen molar-refractivity contribution in [3.63, 3.8) is 0 Å². The third kappa shape index (κ3) is 3.01. The molecule has 0 heterocycles. The van der Waals surface area contributed by atoms with Crippen LogP contribution in [0.5, 0.6) is 0 Å². The second kappa shape index (κ2) is 5.09. The quantitative estimate of drug-likeness (QED) is 0.859. The molecule has 88 valence electrons. The summed E-state index contributed by atoms with van der Waals surface area (Å²) in [5.74, 6) is 0. The van der Waals surface area contributed by atoms with Gasteiger partial charge in [0.15, 0.2) is 0 Å². The Morgan fingerprint density at radius 1 is 0.941 bits per heavy atom. The minimum absolute atomic E-state index is 0.203. The maximum Gasteiger partial charge on any atom is 0.0552 e. The van der Waals surface area contributed by atoms with E-state index < -0.39 is 0 Å². The van der Waals surface area contributed by atoms with Crippen LogP contribution in [0.3, 0.4) is 0 Å². The Bertz CT molecular complexity index is 517. The second-order valence-electron chi connectivity index (χ2n) is 4.09. The van der Waals surface area contributed by atoms with E-state index in [1.54, 1.807) is 6.07 Å². The summed E-state index contributed by atoms with van der Waals surface area (Å²) >= 11 is 11.9. The molecule has 1 nitrogen and oxygen atoms in total. The lowest BCUT2D eigenvalue weighted by Gasteiger charge is -2.14. The van der Waals surface area contributed by atoms with Crippen LogP contribution >= 0.6 is 23.2 Å². The summed E-state index contributed by atoms with van der Waals surface area (Å²) in [4.78, 5) is 0. The van der Waals surface area contributed by atoms with Gasteiger partial charge in [-0.15, -0.1) is 0 Å². The van der Waals surface area contributed by atoms with Gasteiger partial charge in [0.25, 0.3) is 0 Å². The van der Waals surface area contributed by atoms with Gasteiger partial charge in [-0.3, -0.25) is 0 Å². The topological polar surface area (TPSA) is 26.0 Å². The molecule has 0 aliphatic carbocycles. The maximum absolute atomic E-state index is 6.21. The summed E-state index contributed by atoms with van der Waals surface area (Å²) in [5, 5.41) is 1.21. The van der Waals surface area contributed by atoms with E-state index in [9.17, 15) is 0 Å². The number of rotatable bonds is 2. The molecule has 2 aromatic rings. The number of hydrogen-bond donors (Lipinski definition) is 1. The van der Waals surface area contributed by atoms with Crippen molar-refractivity contribution in [1.82, 2.24) is 0 Å². The standard InChI is InChI=1S/C14H13Cl2N/c1-9-3-2-4-10(5-9)14(17)11-6-12(15)8-13(16)7-11/h2-8,14H,17H2,1H3. The predicted molar refractivity (Wildman–Crippen MR) is 73.7 cm³/mol. The highest BCUT2D eigenvalue weighted by molar-refractivity contribution is 6.34. The van der Waals surface area contributed by atoms with Crippen LogP contribution in [0, 0.1) is 6.92 Å². The van der Waals surface area contributed by atoms with Crippen molar-refractivity contribution in [2.75, 3.05) is 0 Å². The Morgan fingerprint density at radius 3 is 2.18 bits per heavy atom. The Balaban J connectivity index is 2.39. The number of nitrogens with two attached hydrogens (primary N) is 1. The lowest BCUT2D eigenvalue weighted by molar-refractivity contribution is 0.870. The molecule has 0 fully saturated rings. The minimum atomic E-state index is -0.203. The zero-order valence-electron chi connectivity index (χ0n) is 9.45. The van der Waals surface area contributed by atoms with E-state index in [0.29, 0.717) is 10.0 Å². The van der Waals surface area contributed by atoms with Crippen molar-refractivity contribution < 1.29 is 0 Å². The number of halogens is 2. The number of hydrogen-bond acceptors (Lipinski definition) is 1. The first kappa shape index (κ1) is 12.4. The molecule has 0 saturated carbocycles. The Labute approximate surface area is 111 Å². The van der Waals surface area contributed by atoms with Crippen molar-refractivity contribution in [3.05, 3.63) is 69.2 Å². The molecule has 2 rings (SSSR count). The van der Waals surface area contributed by atoms with Crippen molar-refractivity contribution in [2.24, 2.45) is 5.73 Å². The van der Waals surface area contributed by atoms with Gasteiger partial charge in [0.05, 0.1) is 6.04 Å². The second-order valence-corrected chi connectivity index (χ2v) is 4.97. The maximum atomic E-state index is 6.21. The highest BCUT2D eigenvalue weighted by atomic mass is 35.5. The molecular formula is C14H13Cl2N. The zero-order valence-corrected chi connectivity index (χ0v) is 11.0. The van der Waals surface area contributed by atoms with Gasteiger partial charge in [-0.05, 0) is 36.2 Å². The largest absolute Gasteiger partial charge is 0.320 e. The Morgan fingerprint density at radius 2 is 1.59 bits per heavy atom. The fourth-order valence-electron chi connectivity index (χ4n) is 1.81. The average molecular weight is 266 g/mol. The molecule has 0 spiro atoms. The van der Waals surface area contributed by atoms with Crippen LogP contribution in [0.2, 0.25) is 10.0 Å². The smallest absolute Gasteiger partial charge is 0.0552 e. The summed E-state index contributed by atoms with van der Waals surface area (Å²) in [6.45, 7) is 2.04. The molecule has 0 aliphatic heterocycles. The number of benzene rings is 2. The summed E-state index contributed by atoms with van der Waals surface area (Å²) in [6, 6.07) is 13.3. The van der Waals surface area contributed by atoms with Gasteiger partial charge < -0.3 is 5.73 Å². The zero-order chi connectivity index (χ0) is 12.4. The molecule has 0 bridgehead atoms. The SMILES string of the molecule is Cc1cccc(C(N)c2cc(Cl)cc(Cl)c2)c1. The fourth-order valence-corrected chi connectivity index (χ4v) is 2.35. The van der Waals surface area contributed by atoms with Gasteiger partial charge in [-0.25, -0.2) is 0 Å². The van der Waals surface area contributed by atoms with Gasteiger partial charge in [0, 0.05) is 10.0 Å². The van der Waals surface area contributed by atoms with E-state index in [1.165, 1.54) is 5.56 Å². The van der Waals surface area contributed by atoms with Crippen LogP contribution in [0.25, 0.3) is 0 Å². The van der Waals surface area contributed by atoms with Crippen LogP contribution in [0.1, 0.15) is 22.7 Å². The van der Waals surface area contributed by atoms with Gasteiger partial charge in [-0.2, -0.15) is 0 Å². The van der Waals surface area contributed by atoms with E-state index >= 15 is 0 Å². The van der Waals surface area contributed by atoms with E-state index in [4.69, 9.17) is 28.9 Å². The molecule has 17 heavy (non-hydrogen) atoms. The van der Waals surface area contributed by atoms with Crippen molar-refractivity contribution in [1.29, 1.82) is 0 Å². The Kier molecular flexibility index (Phi) is 3.72. The highest BCUT2D eigenvalue weighted by Gasteiger charge is 2.10. The molecule has 0 amide bonds. The molecule has 2 N–H and O–H groups in total. The summed E-state index contributed by atoms with van der Waals surface area (Å²) < 4.78 is 0. The minimum Gasteiger partial charge on any atom is -0.320 e. The van der Waals surface area contributed by atoms with E-state index in [1.807, 2.05) is 37.3 Å². The third-order valence-corrected chi connectivity index (χ3v) is 3.08. The number of aryl methyl sites for hydroxylation is 1. The summed E-state index contributed by atoms with van der Waals surface area (Å²) in [6.07, 6.45) is 0. The third-order valence-electron chi connectivity index (χ3n) is 2.65. The van der Waals surface area contributed by atoms with Crippen molar-refractivity contribution in [3.8, 4) is 0 Å². The molecule has 2 aromatic carbocycles. The highest BCUT2D eigenvalue weighted by Crippen LogP contribution is 2.26. The van der Waals surface area contributed by atoms with Gasteiger partial charge >= 0.3 is 0 Å². The van der Waals surface area contributed by atoms with Gasteiger partial charge in [0.1, 0.15) is 0 Å². The molecule has 3 heteroatoms. The summed E-state index contributed by atoms with van der Waals surface area (Å²) in [7, 11) is 0. The first-order valence-electron chi connectivity index (χ1n) is 5.34. The van der Waals surface area contributed by atoms with E-state index in [2.05, 4.69) is 6.07 Å². The fraction of sp³-hybridized carbons (Fsp3) is 0.143. The normalized spacial score (nSPS) is 12.5. The summed E-state index contributed by atoms with van der Waals surface area (Å²) in [5.41, 5.74) is 9.37. The van der Waals surface area contributed by atoms with Crippen molar-refractivity contribution in [2.45, 2.75) is 13.0 Å². The lowest BCUT2D eigenvalue weighted by Crippen LogP contribution is -2.11. The van der Waals surface area contributed by atoms with Crippen LogP contribution in [-0.4, -0.2) is 0 Å². The Hall–Kier alpha value is -1.02. The van der Waals surface area contributed by atoms with E-state index in [0.717, 1.165) is 11.1 Å². The molecule has 0 radical (unpaired) electrons. The predicted octanol–water partition coefficient (Wildman–Crippen LogP) is 4.35.